The van der Waals surface area contributed by atoms with E-state index in [1.54, 1.807) is 0 Å². The molecular formula is C16H15F2NO. The van der Waals surface area contributed by atoms with Crippen molar-refractivity contribution in [2.24, 2.45) is 0 Å². The predicted molar refractivity (Wildman–Crippen MR) is 75.0 cm³/mol. The van der Waals surface area contributed by atoms with Crippen molar-refractivity contribution in [1.82, 2.24) is 0 Å². The molecule has 0 spiro atoms. The van der Waals surface area contributed by atoms with Crippen molar-refractivity contribution < 1.29 is 13.6 Å². The molecule has 0 saturated heterocycles. The van der Waals surface area contributed by atoms with Crippen molar-refractivity contribution in [1.29, 1.82) is 0 Å². The Morgan fingerprint density at radius 3 is 1.90 bits per heavy atom. The molecule has 0 aromatic heterocycles. The van der Waals surface area contributed by atoms with Crippen molar-refractivity contribution in [2.45, 2.75) is 20.8 Å². The molecule has 2 rings (SSSR count). The molecule has 104 valence electrons. The van der Waals surface area contributed by atoms with E-state index in [4.69, 9.17) is 0 Å². The molecule has 0 unspecified atom stereocenters. The second-order valence-corrected chi connectivity index (χ2v) is 4.89. The van der Waals surface area contributed by atoms with Gasteiger partial charge in [0.15, 0.2) is 0 Å². The van der Waals surface area contributed by atoms with Gasteiger partial charge in [0.1, 0.15) is 11.6 Å². The number of anilines is 1. The summed E-state index contributed by atoms with van der Waals surface area (Å²) in [6, 6.07) is 6.64. The molecule has 0 bridgehead atoms. The Kier molecular flexibility index (Phi) is 3.84. The van der Waals surface area contributed by atoms with Crippen molar-refractivity contribution in [3.63, 3.8) is 0 Å². The largest absolute Gasteiger partial charge is 0.321 e. The number of rotatable bonds is 2. The van der Waals surface area contributed by atoms with Gasteiger partial charge in [0.2, 0.25) is 0 Å². The lowest BCUT2D eigenvalue weighted by atomic mass is 10.0. The zero-order valence-corrected chi connectivity index (χ0v) is 11.6. The molecule has 0 radical (unpaired) electrons. The second kappa shape index (κ2) is 5.41. The normalized spacial score (nSPS) is 10.4. The molecule has 0 aliphatic carbocycles. The third-order valence-corrected chi connectivity index (χ3v) is 3.04. The summed E-state index contributed by atoms with van der Waals surface area (Å²) in [5, 5.41) is 2.70. The molecule has 0 saturated carbocycles. The minimum Gasteiger partial charge on any atom is -0.321 e. The maximum absolute atomic E-state index is 13.1. The standard InChI is InChI=1S/C16H15F2NO/c1-9-4-10(2)15(11(3)5-9)19-16(20)12-6-13(17)8-14(18)7-12/h4-8H,1-3H3,(H,19,20). The molecule has 0 aliphatic rings. The molecule has 1 amide bonds. The zero-order chi connectivity index (χ0) is 14.9. The van der Waals surface area contributed by atoms with E-state index in [0.29, 0.717) is 5.69 Å². The Morgan fingerprint density at radius 2 is 1.40 bits per heavy atom. The lowest BCUT2D eigenvalue weighted by Gasteiger charge is -2.13. The summed E-state index contributed by atoms with van der Waals surface area (Å²) >= 11 is 0. The highest BCUT2D eigenvalue weighted by Gasteiger charge is 2.12. The molecule has 1 N–H and O–H groups in total. The molecule has 0 aliphatic heterocycles. The van der Waals surface area contributed by atoms with E-state index in [1.165, 1.54) is 0 Å². The Morgan fingerprint density at radius 1 is 0.900 bits per heavy atom. The Bertz CT molecular complexity index is 637. The quantitative estimate of drug-likeness (QED) is 0.876. The molecule has 0 fully saturated rings. The van der Waals surface area contributed by atoms with E-state index in [0.717, 1.165) is 34.9 Å². The lowest BCUT2D eigenvalue weighted by Crippen LogP contribution is -2.14. The van der Waals surface area contributed by atoms with Crippen LogP contribution < -0.4 is 5.32 Å². The molecule has 0 heterocycles. The maximum atomic E-state index is 13.1. The third-order valence-electron chi connectivity index (χ3n) is 3.04. The average Bonchev–Trinajstić information content (AvgIpc) is 2.32. The van der Waals surface area contributed by atoms with E-state index in [-0.39, 0.29) is 5.56 Å². The number of benzene rings is 2. The summed E-state index contributed by atoms with van der Waals surface area (Å²) in [4.78, 5) is 12.1. The van der Waals surface area contributed by atoms with Crippen LogP contribution in [0.15, 0.2) is 30.3 Å². The monoisotopic (exact) mass is 275 g/mol. The van der Waals surface area contributed by atoms with Crippen LogP contribution in [-0.4, -0.2) is 5.91 Å². The van der Waals surface area contributed by atoms with Crippen LogP contribution in [0.5, 0.6) is 0 Å². The molecule has 2 aromatic rings. The predicted octanol–water partition coefficient (Wildman–Crippen LogP) is 4.14. The van der Waals surface area contributed by atoms with E-state index in [1.807, 2.05) is 32.9 Å². The number of carbonyl (C=O) groups is 1. The molecule has 4 heteroatoms. The van der Waals surface area contributed by atoms with Crippen LogP contribution in [0.3, 0.4) is 0 Å². The van der Waals surface area contributed by atoms with Crippen LogP contribution in [0.25, 0.3) is 0 Å². The van der Waals surface area contributed by atoms with Gasteiger partial charge in [-0.25, -0.2) is 8.78 Å². The number of aryl methyl sites for hydroxylation is 3. The molecule has 2 nitrogen and oxygen atoms in total. The van der Waals surface area contributed by atoms with Crippen LogP contribution in [-0.2, 0) is 0 Å². The molecular weight excluding hydrogens is 260 g/mol. The summed E-state index contributed by atoms with van der Waals surface area (Å²) in [6.45, 7) is 5.72. The first-order valence-electron chi connectivity index (χ1n) is 6.22. The van der Waals surface area contributed by atoms with E-state index >= 15 is 0 Å². The highest BCUT2D eigenvalue weighted by molar-refractivity contribution is 6.05. The SMILES string of the molecule is Cc1cc(C)c(NC(=O)c2cc(F)cc(F)c2)c(C)c1. The Labute approximate surface area is 116 Å². The van der Waals surface area contributed by atoms with Crippen LogP contribution in [0, 0.1) is 32.4 Å². The average molecular weight is 275 g/mol. The first kappa shape index (κ1) is 14.2. The van der Waals surface area contributed by atoms with Gasteiger partial charge in [0, 0.05) is 17.3 Å². The number of hydrogen-bond donors (Lipinski definition) is 1. The minimum atomic E-state index is -0.771. The van der Waals surface area contributed by atoms with Gasteiger partial charge in [-0.05, 0) is 44.0 Å². The van der Waals surface area contributed by atoms with Gasteiger partial charge in [-0.2, -0.15) is 0 Å². The van der Waals surface area contributed by atoms with Gasteiger partial charge < -0.3 is 5.32 Å². The fraction of sp³-hybridized carbons (Fsp3) is 0.188. The van der Waals surface area contributed by atoms with Crippen LogP contribution in [0.1, 0.15) is 27.0 Å². The first-order valence-corrected chi connectivity index (χ1v) is 6.22. The second-order valence-electron chi connectivity index (χ2n) is 4.89. The zero-order valence-electron chi connectivity index (χ0n) is 11.6. The van der Waals surface area contributed by atoms with Crippen molar-refractivity contribution in [3.05, 3.63) is 64.2 Å². The van der Waals surface area contributed by atoms with Crippen molar-refractivity contribution >= 4 is 11.6 Å². The minimum absolute atomic E-state index is 0.0399. The number of carbonyl (C=O) groups excluding carboxylic acids is 1. The Balaban J connectivity index is 2.32. The van der Waals surface area contributed by atoms with Gasteiger partial charge in [0.25, 0.3) is 5.91 Å². The summed E-state index contributed by atoms with van der Waals surface area (Å²) in [6.07, 6.45) is 0. The number of nitrogens with one attached hydrogen (secondary N) is 1. The van der Waals surface area contributed by atoms with Gasteiger partial charge in [-0.3, -0.25) is 4.79 Å². The maximum Gasteiger partial charge on any atom is 0.255 e. The molecule has 0 atom stereocenters. The highest BCUT2D eigenvalue weighted by Crippen LogP contribution is 2.22. The topological polar surface area (TPSA) is 29.1 Å². The molecule has 20 heavy (non-hydrogen) atoms. The summed E-state index contributed by atoms with van der Waals surface area (Å²) in [5.74, 6) is -2.07. The fourth-order valence-electron chi connectivity index (χ4n) is 2.25. The van der Waals surface area contributed by atoms with Gasteiger partial charge in [-0.15, -0.1) is 0 Å². The van der Waals surface area contributed by atoms with E-state index in [9.17, 15) is 13.6 Å². The van der Waals surface area contributed by atoms with E-state index < -0.39 is 17.5 Å². The van der Waals surface area contributed by atoms with Gasteiger partial charge in [-0.1, -0.05) is 17.7 Å². The lowest BCUT2D eigenvalue weighted by molar-refractivity contribution is 0.102. The van der Waals surface area contributed by atoms with Gasteiger partial charge in [0.05, 0.1) is 0 Å². The van der Waals surface area contributed by atoms with Crippen LogP contribution in [0.4, 0.5) is 14.5 Å². The van der Waals surface area contributed by atoms with Crippen LogP contribution >= 0.6 is 0 Å². The fourth-order valence-corrected chi connectivity index (χ4v) is 2.25. The number of hydrogen-bond acceptors (Lipinski definition) is 1. The highest BCUT2D eigenvalue weighted by atomic mass is 19.1. The summed E-state index contributed by atoms with van der Waals surface area (Å²) in [7, 11) is 0. The van der Waals surface area contributed by atoms with E-state index in [2.05, 4.69) is 5.32 Å². The third kappa shape index (κ3) is 3.02. The van der Waals surface area contributed by atoms with Crippen molar-refractivity contribution in [2.75, 3.05) is 5.32 Å². The molecule has 2 aromatic carbocycles. The smallest absolute Gasteiger partial charge is 0.255 e. The first-order chi connectivity index (χ1) is 9.36. The summed E-state index contributed by atoms with van der Waals surface area (Å²) < 4.78 is 26.2. The number of halogens is 2. The van der Waals surface area contributed by atoms with Gasteiger partial charge >= 0.3 is 0 Å². The van der Waals surface area contributed by atoms with Crippen molar-refractivity contribution in [3.8, 4) is 0 Å². The Hall–Kier alpha value is -2.23. The van der Waals surface area contributed by atoms with Crippen LogP contribution in [0.2, 0.25) is 0 Å². The summed E-state index contributed by atoms with van der Waals surface area (Å²) in [5.41, 5.74) is 3.54. The number of amides is 1.